The highest BCUT2D eigenvalue weighted by molar-refractivity contribution is 7.10. The van der Waals surface area contributed by atoms with Crippen LogP contribution >= 0.6 is 11.3 Å². The third-order valence-electron chi connectivity index (χ3n) is 4.07. The Hall–Kier alpha value is -0.340. The first-order chi connectivity index (χ1) is 7.51. The molecule has 16 heavy (non-hydrogen) atoms. The lowest BCUT2D eigenvalue weighted by molar-refractivity contribution is 0.184. The van der Waals surface area contributed by atoms with E-state index >= 15 is 0 Å². The molecule has 0 spiro atoms. The van der Waals surface area contributed by atoms with Crippen LogP contribution in [0.5, 0.6) is 0 Å². The summed E-state index contributed by atoms with van der Waals surface area (Å²) in [7, 11) is 0. The molecule has 0 saturated heterocycles. The molecule has 1 saturated carbocycles. The summed E-state index contributed by atoms with van der Waals surface area (Å²) in [6.07, 6.45) is 4.97. The quantitative estimate of drug-likeness (QED) is 0.825. The van der Waals surface area contributed by atoms with Crippen LogP contribution in [0.1, 0.15) is 50.0 Å². The summed E-state index contributed by atoms with van der Waals surface area (Å²) < 4.78 is 0. The highest BCUT2D eigenvalue weighted by Gasteiger charge is 2.35. The first kappa shape index (κ1) is 12.1. The predicted octanol–water partition coefficient (Wildman–Crippen LogP) is 4.06. The van der Waals surface area contributed by atoms with Crippen molar-refractivity contribution < 1.29 is 0 Å². The molecular formula is C14H23NS. The largest absolute Gasteiger partial charge is 0.321 e. The van der Waals surface area contributed by atoms with Crippen molar-refractivity contribution in [3.05, 3.63) is 21.9 Å². The molecule has 2 rings (SSSR count). The van der Waals surface area contributed by atoms with Crippen molar-refractivity contribution in [3.8, 4) is 0 Å². The molecule has 0 amide bonds. The number of hydrogen-bond donors (Lipinski definition) is 1. The van der Waals surface area contributed by atoms with Gasteiger partial charge in [0.05, 0.1) is 0 Å². The lowest BCUT2D eigenvalue weighted by atomic mass is 9.70. The first-order valence-corrected chi connectivity index (χ1v) is 7.24. The molecule has 1 heterocycles. The number of rotatable bonds is 2. The Labute approximate surface area is 103 Å². The summed E-state index contributed by atoms with van der Waals surface area (Å²) in [5, 5.41) is 2.26. The van der Waals surface area contributed by atoms with Gasteiger partial charge < -0.3 is 5.73 Å². The molecular weight excluding hydrogens is 214 g/mol. The highest BCUT2D eigenvalue weighted by atomic mass is 32.1. The summed E-state index contributed by atoms with van der Waals surface area (Å²) in [6, 6.07) is 2.29. The Balaban J connectivity index is 2.18. The van der Waals surface area contributed by atoms with Gasteiger partial charge in [0, 0.05) is 10.4 Å². The molecule has 2 heteroatoms. The topological polar surface area (TPSA) is 26.0 Å². The van der Waals surface area contributed by atoms with E-state index in [4.69, 9.17) is 5.73 Å². The molecule has 0 aliphatic heterocycles. The fourth-order valence-electron chi connectivity index (χ4n) is 2.89. The summed E-state index contributed by atoms with van der Waals surface area (Å²) >= 11 is 1.83. The van der Waals surface area contributed by atoms with E-state index in [1.807, 2.05) is 11.3 Å². The van der Waals surface area contributed by atoms with E-state index in [2.05, 4.69) is 32.2 Å². The second-order valence-electron chi connectivity index (χ2n) is 5.70. The Morgan fingerprint density at radius 2 is 2.25 bits per heavy atom. The molecule has 0 bridgehead atoms. The van der Waals surface area contributed by atoms with Gasteiger partial charge in [-0.15, -0.1) is 11.3 Å². The van der Waals surface area contributed by atoms with E-state index in [1.165, 1.54) is 29.7 Å². The predicted molar refractivity (Wildman–Crippen MR) is 71.7 cm³/mol. The van der Waals surface area contributed by atoms with Gasteiger partial charge in [0.25, 0.3) is 0 Å². The maximum absolute atomic E-state index is 6.63. The molecule has 1 aliphatic carbocycles. The number of hydrogen-bond acceptors (Lipinski definition) is 2. The molecule has 1 aromatic heterocycles. The van der Waals surface area contributed by atoms with Gasteiger partial charge in [-0.25, -0.2) is 0 Å². The zero-order valence-corrected chi connectivity index (χ0v) is 11.4. The van der Waals surface area contributed by atoms with Crippen LogP contribution in [0.15, 0.2) is 11.4 Å². The van der Waals surface area contributed by atoms with Gasteiger partial charge in [-0.2, -0.15) is 0 Å². The summed E-state index contributed by atoms with van der Waals surface area (Å²) in [5.41, 5.74) is 7.96. The minimum absolute atomic E-state index is 0.0437. The van der Waals surface area contributed by atoms with E-state index in [-0.39, 0.29) is 5.54 Å². The van der Waals surface area contributed by atoms with Gasteiger partial charge in [0.1, 0.15) is 0 Å². The normalized spacial score (nSPS) is 30.9. The molecule has 90 valence electrons. The van der Waals surface area contributed by atoms with Crippen LogP contribution in [0.2, 0.25) is 0 Å². The average Bonchev–Trinajstić information content (AvgIpc) is 2.65. The Morgan fingerprint density at radius 3 is 2.81 bits per heavy atom. The third kappa shape index (κ3) is 2.33. The zero-order valence-electron chi connectivity index (χ0n) is 10.6. The van der Waals surface area contributed by atoms with Crippen molar-refractivity contribution in [2.24, 2.45) is 17.6 Å². The van der Waals surface area contributed by atoms with E-state index in [1.54, 1.807) is 0 Å². The van der Waals surface area contributed by atoms with E-state index in [0.29, 0.717) is 0 Å². The van der Waals surface area contributed by atoms with Crippen LogP contribution in [0.25, 0.3) is 0 Å². The van der Waals surface area contributed by atoms with Crippen molar-refractivity contribution >= 4 is 11.3 Å². The van der Waals surface area contributed by atoms with Crippen molar-refractivity contribution in [2.75, 3.05) is 0 Å². The standard InChI is InChI=1S/C14H23NS/c1-10(2)12-5-4-6-14(15,8-12)13-7-11(3)16-9-13/h7,9-10,12H,4-6,8,15H2,1-3H3. The van der Waals surface area contributed by atoms with Crippen LogP contribution in [0.3, 0.4) is 0 Å². The van der Waals surface area contributed by atoms with Gasteiger partial charge in [0.15, 0.2) is 0 Å². The fraction of sp³-hybridized carbons (Fsp3) is 0.714. The maximum atomic E-state index is 6.63. The molecule has 2 unspecified atom stereocenters. The Morgan fingerprint density at radius 1 is 1.50 bits per heavy atom. The molecule has 1 fully saturated rings. The minimum atomic E-state index is -0.0437. The van der Waals surface area contributed by atoms with Gasteiger partial charge in [-0.05, 0) is 48.6 Å². The number of thiophene rings is 1. The third-order valence-corrected chi connectivity index (χ3v) is 4.93. The number of aryl methyl sites for hydroxylation is 1. The fourth-order valence-corrected chi connectivity index (χ4v) is 3.70. The van der Waals surface area contributed by atoms with E-state index in [9.17, 15) is 0 Å². The van der Waals surface area contributed by atoms with E-state index < -0.39 is 0 Å². The second kappa shape index (κ2) is 4.50. The Kier molecular flexibility index (Phi) is 3.41. The van der Waals surface area contributed by atoms with Crippen molar-refractivity contribution in [2.45, 2.75) is 52.0 Å². The van der Waals surface area contributed by atoms with Gasteiger partial charge in [-0.3, -0.25) is 0 Å². The van der Waals surface area contributed by atoms with E-state index in [0.717, 1.165) is 18.3 Å². The highest BCUT2D eigenvalue weighted by Crippen LogP contribution is 2.41. The van der Waals surface area contributed by atoms with Gasteiger partial charge in [-0.1, -0.05) is 26.7 Å². The van der Waals surface area contributed by atoms with Crippen LogP contribution in [-0.4, -0.2) is 0 Å². The van der Waals surface area contributed by atoms with Gasteiger partial charge in [0.2, 0.25) is 0 Å². The lowest BCUT2D eigenvalue weighted by Gasteiger charge is -2.39. The molecule has 2 atom stereocenters. The minimum Gasteiger partial charge on any atom is -0.321 e. The smallest absolute Gasteiger partial charge is 0.0420 e. The molecule has 1 nitrogen and oxygen atoms in total. The van der Waals surface area contributed by atoms with Crippen LogP contribution in [0.4, 0.5) is 0 Å². The zero-order chi connectivity index (χ0) is 11.8. The van der Waals surface area contributed by atoms with Crippen molar-refractivity contribution in [3.63, 3.8) is 0 Å². The monoisotopic (exact) mass is 237 g/mol. The molecule has 1 aliphatic rings. The maximum Gasteiger partial charge on any atom is 0.0420 e. The number of nitrogens with two attached hydrogens (primary N) is 1. The van der Waals surface area contributed by atoms with Crippen molar-refractivity contribution in [1.82, 2.24) is 0 Å². The molecule has 0 radical (unpaired) electrons. The SMILES string of the molecule is Cc1cc(C2(N)CCCC(C(C)C)C2)cs1. The van der Waals surface area contributed by atoms with Crippen molar-refractivity contribution in [1.29, 1.82) is 0 Å². The first-order valence-electron chi connectivity index (χ1n) is 6.36. The van der Waals surface area contributed by atoms with Crippen LogP contribution < -0.4 is 5.73 Å². The molecule has 0 aromatic carbocycles. The summed E-state index contributed by atoms with van der Waals surface area (Å²) in [6.45, 7) is 6.82. The molecule has 2 N–H and O–H groups in total. The van der Waals surface area contributed by atoms with Crippen LogP contribution in [-0.2, 0) is 5.54 Å². The lowest BCUT2D eigenvalue weighted by Crippen LogP contribution is -2.42. The van der Waals surface area contributed by atoms with Gasteiger partial charge >= 0.3 is 0 Å². The summed E-state index contributed by atoms with van der Waals surface area (Å²) in [5.74, 6) is 1.57. The Bertz CT molecular complexity index is 355. The summed E-state index contributed by atoms with van der Waals surface area (Å²) in [4.78, 5) is 1.38. The molecule has 1 aromatic rings. The van der Waals surface area contributed by atoms with Crippen LogP contribution in [0, 0.1) is 18.8 Å². The average molecular weight is 237 g/mol. The second-order valence-corrected chi connectivity index (χ2v) is 6.82.